The Labute approximate surface area is 194 Å². The van der Waals surface area contributed by atoms with Gasteiger partial charge in [0.2, 0.25) is 5.91 Å². The summed E-state index contributed by atoms with van der Waals surface area (Å²) in [5, 5.41) is 6.87. The number of carbonyl (C=O) groups excluding carboxylic acids is 1. The van der Waals surface area contributed by atoms with Crippen molar-refractivity contribution >= 4 is 17.6 Å². The number of aliphatic imine (C=N–C) groups is 1. The van der Waals surface area contributed by atoms with Crippen LogP contribution in [0.2, 0.25) is 0 Å². The van der Waals surface area contributed by atoms with E-state index in [9.17, 15) is 4.79 Å². The van der Waals surface area contributed by atoms with Crippen LogP contribution in [0.15, 0.2) is 29.3 Å². The van der Waals surface area contributed by atoms with Gasteiger partial charge in [0.1, 0.15) is 0 Å². The molecule has 32 heavy (non-hydrogen) atoms. The number of guanidine groups is 1. The van der Waals surface area contributed by atoms with E-state index in [0.717, 1.165) is 77.7 Å². The van der Waals surface area contributed by atoms with Crippen LogP contribution in [0.4, 0.5) is 5.69 Å². The van der Waals surface area contributed by atoms with Crippen LogP contribution in [-0.4, -0.2) is 86.6 Å². The molecule has 0 aliphatic carbocycles. The number of unbranched alkanes of at least 4 members (excludes halogenated alkanes) is 1. The van der Waals surface area contributed by atoms with Crippen molar-refractivity contribution in [2.24, 2.45) is 4.99 Å². The average Bonchev–Trinajstić information content (AvgIpc) is 3.27. The lowest BCUT2D eigenvalue weighted by Crippen LogP contribution is -2.46. The van der Waals surface area contributed by atoms with Crippen LogP contribution in [0.3, 0.4) is 0 Å². The Balaban J connectivity index is 1.33. The van der Waals surface area contributed by atoms with Gasteiger partial charge in [-0.1, -0.05) is 19.1 Å². The van der Waals surface area contributed by atoms with Crippen LogP contribution in [0.5, 0.6) is 0 Å². The zero-order valence-electron chi connectivity index (χ0n) is 20.3. The topological polar surface area (TPSA) is 63.2 Å². The Bertz CT molecular complexity index is 744. The lowest BCUT2D eigenvalue weighted by Gasteiger charge is -2.36. The Kier molecular flexibility index (Phi) is 9.65. The zero-order chi connectivity index (χ0) is 22.8. The van der Waals surface area contributed by atoms with Crippen LogP contribution >= 0.6 is 0 Å². The molecule has 1 aromatic rings. The van der Waals surface area contributed by atoms with E-state index >= 15 is 0 Å². The lowest BCUT2D eigenvalue weighted by molar-refractivity contribution is -0.129. The SMILES string of the molecule is CCNC(=NCCCCN1CCN(c2cccc(C)c2)CC1)NC1CCN(C(=O)CC)C1. The van der Waals surface area contributed by atoms with E-state index in [-0.39, 0.29) is 5.91 Å². The van der Waals surface area contributed by atoms with Gasteiger partial charge in [-0.15, -0.1) is 0 Å². The van der Waals surface area contributed by atoms with Crippen molar-refractivity contribution in [1.82, 2.24) is 20.4 Å². The molecule has 1 unspecified atom stereocenters. The quantitative estimate of drug-likeness (QED) is 0.349. The summed E-state index contributed by atoms with van der Waals surface area (Å²) in [6.07, 6.45) is 3.85. The maximum absolute atomic E-state index is 11.9. The monoisotopic (exact) mass is 442 g/mol. The number of carbonyl (C=O) groups is 1. The smallest absolute Gasteiger partial charge is 0.222 e. The molecule has 0 saturated carbocycles. The summed E-state index contributed by atoms with van der Waals surface area (Å²) in [5.41, 5.74) is 2.68. The summed E-state index contributed by atoms with van der Waals surface area (Å²) in [5.74, 6) is 1.13. The number of nitrogens with one attached hydrogen (secondary N) is 2. The molecule has 0 radical (unpaired) electrons. The van der Waals surface area contributed by atoms with Gasteiger partial charge in [0.05, 0.1) is 0 Å². The summed E-state index contributed by atoms with van der Waals surface area (Å²) >= 11 is 0. The first-order valence-electron chi connectivity index (χ1n) is 12.5. The van der Waals surface area contributed by atoms with Crippen molar-refractivity contribution in [1.29, 1.82) is 0 Å². The molecule has 7 nitrogen and oxygen atoms in total. The van der Waals surface area contributed by atoms with Gasteiger partial charge in [-0.2, -0.15) is 0 Å². The first-order chi connectivity index (χ1) is 15.6. The second-order valence-corrected chi connectivity index (χ2v) is 8.96. The largest absolute Gasteiger partial charge is 0.369 e. The van der Waals surface area contributed by atoms with E-state index in [2.05, 4.69) is 58.5 Å². The van der Waals surface area contributed by atoms with Crippen LogP contribution in [0.1, 0.15) is 45.1 Å². The highest BCUT2D eigenvalue weighted by atomic mass is 16.2. The summed E-state index contributed by atoms with van der Waals surface area (Å²) < 4.78 is 0. The highest BCUT2D eigenvalue weighted by molar-refractivity contribution is 5.80. The molecule has 2 aliphatic heterocycles. The Hall–Kier alpha value is -2.28. The van der Waals surface area contributed by atoms with Gasteiger partial charge in [-0.05, 0) is 57.4 Å². The molecule has 3 rings (SSSR count). The number of aryl methyl sites for hydroxylation is 1. The number of anilines is 1. The van der Waals surface area contributed by atoms with E-state index in [1.807, 2.05) is 11.8 Å². The molecule has 1 atom stereocenters. The summed E-state index contributed by atoms with van der Waals surface area (Å²) in [6.45, 7) is 15.1. The molecule has 2 fully saturated rings. The van der Waals surface area contributed by atoms with Crippen molar-refractivity contribution in [3.8, 4) is 0 Å². The number of amides is 1. The Morgan fingerprint density at radius 3 is 2.66 bits per heavy atom. The van der Waals surface area contributed by atoms with E-state index < -0.39 is 0 Å². The fourth-order valence-corrected chi connectivity index (χ4v) is 4.53. The van der Waals surface area contributed by atoms with Crippen LogP contribution in [0, 0.1) is 6.92 Å². The zero-order valence-corrected chi connectivity index (χ0v) is 20.3. The third kappa shape index (κ3) is 7.40. The number of hydrogen-bond acceptors (Lipinski definition) is 4. The van der Waals surface area contributed by atoms with E-state index in [4.69, 9.17) is 4.99 Å². The standard InChI is InChI=1S/C25H42N6O/c1-4-24(32)31-14-11-22(20-31)28-25(26-5-2)27-12-6-7-13-29-15-17-30(18-16-29)23-10-8-9-21(3)19-23/h8-10,19,22H,4-7,11-18,20H2,1-3H3,(H2,26,27,28). The van der Waals surface area contributed by atoms with Crippen LogP contribution < -0.4 is 15.5 Å². The number of piperazine rings is 1. The molecular weight excluding hydrogens is 400 g/mol. The summed E-state index contributed by atoms with van der Waals surface area (Å²) in [4.78, 5) is 23.7. The number of benzene rings is 1. The Morgan fingerprint density at radius 2 is 1.94 bits per heavy atom. The first kappa shape index (κ1) is 24.4. The van der Waals surface area contributed by atoms with Gasteiger partial charge in [0, 0.05) is 70.5 Å². The van der Waals surface area contributed by atoms with Crippen molar-refractivity contribution in [3.05, 3.63) is 29.8 Å². The molecule has 1 aromatic carbocycles. The number of hydrogen-bond donors (Lipinski definition) is 2. The molecule has 0 aromatic heterocycles. The second kappa shape index (κ2) is 12.7. The van der Waals surface area contributed by atoms with E-state index in [1.54, 1.807) is 0 Å². The van der Waals surface area contributed by atoms with Crippen LogP contribution in [0.25, 0.3) is 0 Å². The molecule has 2 N–H and O–H groups in total. The van der Waals surface area contributed by atoms with Gasteiger partial charge in [-0.3, -0.25) is 14.7 Å². The van der Waals surface area contributed by atoms with Crippen molar-refractivity contribution in [3.63, 3.8) is 0 Å². The lowest BCUT2D eigenvalue weighted by atomic mass is 10.2. The van der Waals surface area contributed by atoms with Gasteiger partial charge < -0.3 is 20.4 Å². The van der Waals surface area contributed by atoms with Crippen molar-refractivity contribution < 1.29 is 4.79 Å². The van der Waals surface area contributed by atoms with Crippen LogP contribution in [-0.2, 0) is 4.79 Å². The molecule has 2 saturated heterocycles. The molecule has 1 amide bonds. The van der Waals surface area contributed by atoms with E-state index in [0.29, 0.717) is 12.5 Å². The predicted molar refractivity (Wildman–Crippen MR) is 133 cm³/mol. The molecule has 178 valence electrons. The summed E-state index contributed by atoms with van der Waals surface area (Å²) in [6, 6.07) is 9.12. The fourth-order valence-electron chi connectivity index (χ4n) is 4.53. The molecular formula is C25H42N6O. The number of likely N-dealkylation sites (tertiary alicyclic amines) is 1. The molecule has 0 spiro atoms. The normalized spacial score (nSPS) is 20.0. The number of nitrogens with zero attached hydrogens (tertiary/aromatic N) is 4. The third-order valence-corrected chi connectivity index (χ3v) is 6.42. The fraction of sp³-hybridized carbons (Fsp3) is 0.680. The van der Waals surface area contributed by atoms with Gasteiger partial charge in [0.25, 0.3) is 0 Å². The minimum atomic E-state index is 0.246. The maximum Gasteiger partial charge on any atom is 0.222 e. The molecule has 0 bridgehead atoms. The highest BCUT2D eigenvalue weighted by Crippen LogP contribution is 2.18. The van der Waals surface area contributed by atoms with Gasteiger partial charge in [-0.25, -0.2) is 0 Å². The highest BCUT2D eigenvalue weighted by Gasteiger charge is 2.25. The molecule has 2 aliphatic rings. The predicted octanol–water partition coefficient (Wildman–Crippen LogP) is 2.46. The third-order valence-electron chi connectivity index (χ3n) is 6.42. The van der Waals surface area contributed by atoms with Crippen molar-refractivity contribution in [2.45, 2.75) is 52.5 Å². The average molecular weight is 443 g/mol. The van der Waals surface area contributed by atoms with Gasteiger partial charge in [0.15, 0.2) is 5.96 Å². The maximum atomic E-state index is 11.9. The summed E-state index contributed by atoms with van der Waals surface area (Å²) in [7, 11) is 0. The number of rotatable bonds is 9. The minimum Gasteiger partial charge on any atom is -0.369 e. The Morgan fingerprint density at radius 1 is 1.12 bits per heavy atom. The first-order valence-corrected chi connectivity index (χ1v) is 12.5. The van der Waals surface area contributed by atoms with E-state index in [1.165, 1.54) is 17.7 Å². The molecule has 7 heteroatoms. The minimum absolute atomic E-state index is 0.246. The second-order valence-electron chi connectivity index (χ2n) is 8.96. The van der Waals surface area contributed by atoms with Gasteiger partial charge >= 0.3 is 0 Å². The molecule has 2 heterocycles. The van der Waals surface area contributed by atoms with Crippen molar-refractivity contribution in [2.75, 3.05) is 63.8 Å².